The monoisotopic (exact) mass is 454 g/mol. The van der Waals surface area contributed by atoms with Crippen molar-refractivity contribution < 1.29 is 17.6 Å². The minimum Gasteiger partial charge on any atom is -0.336 e. The lowest BCUT2D eigenvalue weighted by atomic mass is 10.1. The van der Waals surface area contributed by atoms with E-state index >= 15 is 0 Å². The summed E-state index contributed by atoms with van der Waals surface area (Å²) in [7, 11) is -4.04. The molecule has 0 atom stereocenters. The van der Waals surface area contributed by atoms with E-state index in [0.29, 0.717) is 13.1 Å². The van der Waals surface area contributed by atoms with Gasteiger partial charge in [0.1, 0.15) is 5.82 Å². The van der Waals surface area contributed by atoms with Crippen LogP contribution in [0.15, 0.2) is 78.0 Å². The average Bonchev–Trinajstić information content (AvgIpc) is 2.81. The number of nitrogens with one attached hydrogen (secondary N) is 1. The Kier molecular flexibility index (Phi) is 6.48. The van der Waals surface area contributed by atoms with Gasteiger partial charge in [0.15, 0.2) is 0 Å². The highest BCUT2D eigenvalue weighted by molar-refractivity contribution is 7.92. The van der Waals surface area contributed by atoms with Crippen LogP contribution in [0, 0.1) is 5.82 Å². The lowest BCUT2D eigenvalue weighted by Crippen LogP contribution is -2.48. The Balaban J connectivity index is 1.42. The summed E-state index contributed by atoms with van der Waals surface area (Å²) in [6.07, 6.45) is 3.52. The number of pyridine rings is 1. The van der Waals surface area contributed by atoms with Crippen molar-refractivity contribution in [2.45, 2.75) is 11.4 Å². The number of hydrogen-bond acceptors (Lipinski definition) is 5. The Labute approximate surface area is 186 Å². The van der Waals surface area contributed by atoms with Gasteiger partial charge in [0.05, 0.1) is 10.6 Å². The molecule has 32 heavy (non-hydrogen) atoms. The average molecular weight is 455 g/mol. The van der Waals surface area contributed by atoms with Crippen LogP contribution in [0.5, 0.6) is 0 Å². The van der Waals surface area contributed by atoms with Crippen molar-refractivity contribution >= 4 is 21.6 Å². The van der Waals surface area contributed by atoms with Crippen molar-refractivity contribution in [2.75, 3.05) is 30.9 Å². The highest BCUT2D eigenvalue weighted by atomic mass is 32.2. The van der Waals surface area contributed by atoms with Crippen LogP contribution >= 0.6 is 0 Å². The number of carbonyl (C=O) groups is 1. The summed E-state index contributed by atoms with van der Waals surface area (Å²) in [5.74, 6) is -0.899. The maximum atomic E-state index is 13.9. The number of aromatic nitrogens is 1. The smallest absolute Gasteiger partial charge is 0.262 e. The zero-order valence-electron chi connectivity index (χ0n) is 17.3. The molecule has 7 nitrogen and oxygen atoms in total. The van der Waals surface area contributed by atoms with E-state index in [2.05, 4.69) is 14.6 Å². The third kappa shape index (κ3) is 5.12. The Morgan fingerprint density at radius 2 is 1.69 bits per heavy atom. The second-order valence-electron chi connectivity index (χ2n) is 7.54. The number of piperazine rings is 1. The summed E-state index contributed by atoms with van der Waals surface area (Å²) < 4.78 is 41.5. The first-order valence-electron chi connectivity index (χ1n) is 10.2. The molecule has 1 aliphatic heterocycles. The molecule has 0 radical (unpaired) electrons. The molecule has 166 valence electrons. The Morgan fingerprint density at radius 1 is 0.969 bits per heavy atom. The summed E-state index contributed by atoms with van der Waals surface area (Å²) in [6.45, 7) is 3.34. The zero-order valence-corrected chi connectivity index (χ0v) is 18.1. The molecule has 0 spiro atoms. The summed E-state index contributed by atoms with van der Waals surface area (Å²) in [5.41, 5.74) is 1.30. The lowest BCUT2D eigenvalue weighted by molar-refractivity contribution is 0.0628. The van der Waals surface area contributed by atoms with Crippen molar-refractivity contribution in [3.8, 4) is 0 Å². The largest absolute Gasteiger partial charge is 0.336 e. The van der Waals surface area contributed by atoms with Crippen LogP contribution in [0.1, 0.15) is 15.9 Å². The molecule has 1 saturated heterocycles. The fraction of sp³-hybridized carbons (Fsp3) is 0.217. The topological polar surface area (TPSA) is 82.6 Å². The molecule has 2 heterocycles. The van der Waals surface area contributed by atoms with Crippen molar-refractivity contribution in [3.63, 3.8) is 0 Å². The molecule has 1 N–H and O–H groups in total. The molecule has 1 amide bonds. The van der Waals surface area contributed by atoms with Crippen LogP contribution in [-0.2, 0) is 16.6 Å². The van der Waals surface area contributed by atoms with Crippen LogP contribution < -0.4 is 4.72 Å². The first kappa shape index (κ1) is 21.9. The predicted octanol–water partition coefficient (Wildman–Crippen LogP) is 2.98. The minimum absolute atomic E-state index is 0.0945. The Hall–Kier alpha value is -3.30. The van der Waals surface area contributed by atoms with Crippen molar-refractivity contribution in [1.82, 2.24) is 14.8 Å². The van der Waals surface area contributed by atoms with Gasteiger partial charge in [-0.3, -0.25) is 19.4 Å². The molecular formula is C23H23FN4O3S. The fourth-order valence-corrected chi connectivity index (χ4v) is 4.69. The fourth-order valence-electron chi connectivity index (χ4n) is 3.58. The Morgan fingerprint density at radius 3 is 2.41 bits per heavy atom. The van der Waals surface area contributed by atoms with Gasteiger partial charge in [0.25, 0.3) is 15.9 Å². The first-order chi connectivity index (χ1) is 15.4. The van der Waals surface area contributed by atoms with Gasteiger partial charge in [-0.15, -0.1) is 0 Å². The van der Waals surface area contributed by atoms with Gasteiger partial charge in [-0.25, -0.2) is 12.8 Å². The normalized spacial score (nSPS) is 14.8. The van der Waals surface area contributed by atoms with Crippen LogP contribution in [0.4, 0.5) is 10.1 Å². The summed E-state index contributed by atoms with van der Waals surface area (Å²) in [4.78, 5) is 20.9. The van der Waals surface area contributed by atoms with Gasteiger partial charge >= 0.3 is 0 Å². The van der Waals surface area contributed by atoms with Gasteiger partial charge in [0, 0.05) is 50.7 Å². The predicted molar refractivity (Wildman–Crippen MR) is 119 cm³/mol. The second kappa shape index (κ2) is 9.46. The minimum atomic E-state index is -4.04. The molecule has 0 saturated carbocycles. The molecule has 1 fully saturated rings. The number of sulfonamides is 1. The SMILES string of the molecule is O=C(c1cccc(S(=O)(=O)Nc2ccccc2F)c1)N1CCN(Cc2ccncc2)CC1. The number of rotatable bonds is 6. The molecule has 2 aromatic carbocycles. The van der Waals surface area contributed by atoms with Gasteiger partial charge in [-0.05, 0) is 48.0 Å². The van der Waals surface area contributed by atoms with E-state index in [0.717, 1.165) is 19.6 Å². The van der Waals surface area contributed by atoms with E-state index in [-0.39, 0.29) is 22.1 Å². The van der Waals surface area contributed by atoms with E-state index in [1.54, 1.807) is 23.4 Å². The van der Waals surface area contributed by atoms with Crippen LogP contribution in [0.3, 0.4) is 0 Å². The van der Waals surface area contributed by atoms with Crippen molar-refractivity contribution in [1.29, 1.82) is 0 Å². The van der Waals surface area contributed by atoms with Crippen LogP contribution in [0.25, 0.3) is 0 Å². The van der Waals surface area contributed by atoms with Gasteiger partial charge in [-0.2, -0.15) is 0 Å². The molecule has 1 aliphatic rings. The molecule has 0 bridgehead atoms. The van der Waals surface area contributed by atoms with Gasteiger partial charge < -0.3 is 4.90 Å². The van der Waals surface area contributed by atoms with E-state index in [1.165, 1.54) is 48.0 Å². The number of anilines is 1. The molecule has 4 rings (SSSR count). The zero-order chi connectivity index (χ0) is 22.6. The highest BCUT2D eigenvalue weighted by Crippen LogP contribution is 2.20. The standard InChI is InChI=1S/C23H23FN4O3S/c24-21-6-1-2-7-22(21)26-32(30,31)20-5-3-4-19(16-20)23(29)28-14-12-27(13-15-28)17-18-8-10-25-11-9-18/h1-11,16,26H,12-15,17H2. The Bertz CT molecular complexity index is 1200. The van der Waals surface area contributed by atoms with E-state index in [9.17, 15) is 17.6 Å². The maximum Gasteiger partial charge on any atom is 0.262 e. The molecule has 0 unspecified atom stereocenters. The maximum absolute atomic E-state index is 13.9. The number of halogens is 1. The van der Waals surface area contributed by atoms with Gasteiger partial charge in [-0.1, -0.05) is 18.2 Å². The van der Waals surface area contributed by atoms with Gasteiger partial charge in [0.2, 0.25) is 0 Å². The number of benzene rings is 2. The number of nitrogens with zero attached hydrogens (tertiary/aromatic N) is 3. The molecular weight excluding hydrogens is 431 g/mol. The summed E-state index contributed by atoms with van der Waals surface area (Å²) in [5, 5.41) is 0. The molecule has 1 aromatic heterocycles. The van der Waals surface area contributed by atoms with Crippen molar-refractivity contribution in [3.05, 3.63) is 90.0 Å². The molecule has 0 aliphatic carbocycles. The quantitative estimate of drug-likeness (QED) is 0.619. The van der Waals surface area contributed by atoms with E-state index in [1.807, 2.05) is 12.1 Å². The van der Waals surface area contributed by atoms with Crippen molar-refractivity contribution in [2.24, 2.45) is 0 Å². The number of hydrogen-bond donors (Lipinski definition) is 1. The first-order valence-corrected chi connectivity index (χ1v) is 11.7. The molecule has 3 aromatic rings. The lowest BCUT2D eigenvalue weighted by Gasteiger charge is -2.34. The highest BCUT2D eigenvalue weighted by Gasteiger charge is 2.24. The third-order valence-corrected chi connectivity index (χ3v) is 6.69. The van der Waals surface area contributed by atoms with Crippen LogP contribution in [-0.4, -0.2) is 55.3 Å². The number of amides is 1. The third-order valence-electron chi connectivity index (χ3n) is 5.32. The summed E-state index contributed by atoms with van der Waals surface area (Å²) >= 11 is 0. The number of carbonyl (C=O) groups excluding carboxylic acids is 1. The summed E-state index contributed by atoms with van der Waals surface area (Å²) in [6, 6.07) is 15.3. The van der Waals surface area contributed by atoms with Crippen LogP contribution in [0.2, 0.25) is 0 Å². The number of para-hydroxylation sites is 1. The second-order valence-corrected chi connectivity index (χ2v) is 9.22. The van der Waals surface area contributed by atoms with E-state index < -0.39 is 15.8 Å². The molecule has 9 heteroatoms. The van der Waals surface area contributed by atoms with E-state index in [4.69, 9.17) is 0 Å².